The minimum absolute atomic E-state index is 0.00313. The van der Waals surface area contributed by atoms with Gasteiger partial charge in [0.25, 0.3) is 0 Å². The molecule has 2 saturated heterocycles. The van der Waals surface area contributed by atoms with E-state index in [0.29, 0.717) is 13.1 Å². The Hall–Kier alpha value is -1.92. The summed E-state index contributed by atoms with van der Waals surface area (Å²) < 4.78 is 4.79. The van der Waals surface area contributed by atoms with Crippen LogP contribution in [-0.2, 0) is 23.9 Å². The number of piperidine rings is 1. The lowest BCUT2D eigenvalue weighted by molar-refractivity contribution is -0.147. The second-order valence-corrected chi connectivity index (χ2v) is 6.40. The van der Waals surface area contributed by atoms with E-state index in [1.807, 2.05) is 0 Å². The first-order chi connectivity index (χ1) is 10.5. The van der Waals surface area contributed by atoms with Gasteiger partial charge < -0.3 is 9.64 Å². The summed E-state index contributed by atoms with van der Waals surface area (Å²) in [6.45, 7) is 0.996. The number of carbonyl (C=O) groups excluding carboxylic acids is 4. The molecule has 7 nitrogen and oxygen atoms in total. The van der Waals surface area contributed by atoms with Gasteiger partial charge >= 0.3 is 5.97 Å². The first-order valence-electron chi connectivity index (χ1n) is 7.66. The fraction of sp³-hybridized carbons (Fsp3) is 0.733. The average Bonchev–Trinajstić information content (AvgIpc) is 3.13. The number of amides is 3. The van der Waals surface area contributed by atoms with E-state index in [0.717, 1.165) is 24.2 Å². The molecule has 2 aliphatic heterocycles. The van der Waals surface area contributed by atoms with Gasteiger partial charge in [-0.05, 0) is 24.7 Å². The van der Waals surface area contributed by atoms with Crippen LogP contribution >= 0.6 is 0 Å². The molecule has 7 heteroatoms. The Labute approximate surface area is 128 Å². The molecule has 3 fully saturated rings. The van der Waals surface area contributed by atoms with Crippen molar-refractivity contribution >= 4 is 23.7 Å². The molecule has 120 valence electrons. The molecule has 22 heavy (non-hydrogen) atoms. The molecule has 0 unspecified atom stereocenters. The highest BCUT2D eigenvalue weighted by Gasteiger charge is 2.59. The normalized spacial score (nSPS) is 26.5. The fourth-order valence-corrected chi connectivity index (χ4v) is 3.61. The second kappa shape index (κ2) is 5.37. The molecule has 0 aromatic heterocycles. The van der Waals surface area contributed by atoms with E-state index in [1.165, 1.54) is 7.11 Å². The molecule has 0 N–H and O–H groups in total. The number of imide groups is 1. The molecule has 1 atom stereocenters. The second-order valence-electron chi connectivity index (χ2n) is 6.40. The third-order valence-electron chi connectivity index (χ3n) is 5.24. The zero-order valence-electron chi connectivity index (χ0n) is 12.7. The Morgan fingerprint density at radius 1 is 1.18 bits per heavy atom. The number of likely N-dealkylation sites (tertiary alicyclic amines) is 2. The quantitative estimate of drug-likeness (QED) is 0.538. The minimum atomic E-state index is -0.264. The topological polar surface area (TPSA) is 84.0 Å². The maximum absolute atomic E-state index is 12.2. The Morgan fingerprint density at radius 3 is 2.32 bits per heavy atom. The van der Waals surface area contributed by atoms with Crippen LogP contribution in [0.5, 0.6) is 0 Å². The molecule has 3 amide bonds. The SMILES string of the molecule is COC(=O)[C@H]1CC12CCN(C(=O)CN1C(=O)CCC1=O)CC2. The molecule has 3 rings (SSSR count). The number of hydrogen-bond donors (Lipinski definition) is 0. The predicted octanol–water partition coefficient (Wildman–Crippen LogP) is -0.0629. The van der Waals surface area contributed by atoms with Crippen LogP contribution in [0.15, 0.2) is 0 Å². The molecule has 1 saturated carbocycles. The van der Waals surface area contributed by atoms with Crippen molar-refractivity contribution in [1.29, 1.82) is 0 Å². The number of rotatable bonds is 3. The molecular weight excluding hydrogens is 288 g/mol. The summed E-state index contributed by atoms with van der Waals surface area (Å²) in [5.74, 6) is -0.905. The van der Waals surface area contributed by atoms with Crippen LogP contribution in [0.3, 0.4) is 0 Å². The van der Waals surface area contributed by atoms with Crippen molar-refractivity contribution in [3.8, 4) is 0 Å². The van der Waals surface area contributed by atoms with E-state index in [-0.39, 0.29) is 54.4 Å². The standard InChI is InChI=1S/C15H20N2O5/c1-22-14(21)10-8-15(10)4-6-16(7-5-15)13(20)9-17-11(18)2-3-12(17)19/h10H,2-9H2,1H3/t10-/m1/s1. The summed E-state index contributed by atoms with van der Waals surface area (Å²) >= 11 is 0. The first kappa shape index (κ1) is 15.0. The third kappa shape index (κ3) is 2.48. The molecule has 1 spiro atoms. The molecule has 0 bridgehead atoms. The molecule has 3 aliphatic rings. The van der Waals surface area contributed by atoms with Gasteiger partial charge in [-0.2, -0.15) is 0 Å². The van der Waals surface area contributed by atoms with Crippen LogP contribution < -0.4 is 0 Å². The van der Waals surface area contributed by atoms with Crippen molar-refractivity contribution in [1.82, 2.24) is 9.80 Å². The highest BCUT2D eigenvalue weighted by atomic mass is 16.5. The largest absolute Gasteiger partial charge is 0.469 e. The summed E-state index contributed by atoms with van der Waals surface area (Å²) in [5.41, 5.74) is 0.00313. The van der Waals surface area contributed by atoms with Crippen molar-refractivity contribution in [2.24, 2.45) is 11.3 Å². The van der Waals surface area contributed by atoms with Gasteiger partial charge in [-0.1, -0.05) is 0 Å². The lowest BCUT2D eigenvalue weighted by Gasteiger charge is -2.33. The van der Waals surface area contributed by atoms with E-state index >= 15 is 0 Å². The van der Waals surface area contributed by atoms with Gasteiger partial charge in [-0.25, -0.2) is 0 Å². The van der Waals surface area contributed by atoms with Crippen molar-refractivity contribution in [3.05, 3.63) is 0 Å². The van der Waals surface area contributed by atoms with Crippen molar-refractivity contribution < 1.29 is 23.9 Å². The fourth-order valence-electron chi connectivity index (χ4n) is 3.61. The van der Waals surface area contributed by atoms with Crippen LogP contribution in [0.1, 0.15) is 32.1 Å². The average molecular weight is 308 g/mol. The van der Waals surface area contributed by atoms with E-state index in [1.54, 1.807) is 4.90 Å². The predicted molar refractivity (Wildman–Crippen MR) is 74.3 cm³/mol. The van der Waals surface area contributed by atoms with Crippen molar-refractivity contribution in [2.75, 3.05) is 26.7 Å². The number of esters is 1. The summed E-state index contributed by atoms with van der Waals surface area (Å²) in [5, 5.41) is 0. The summed E-state index contributed by atoms with van der Waals surface area (Å²) in [6.07, 6.45) is 2.80. The Bertz CT molecular complexity index is 520. The van der Waals surface area contributed by atoms with E-state index in [4.69, 9.17) is 4.74 Å². The van der Waals surface area contributed by atoms with Gasteiger partial charge in [0.05, 0.1) is 13.0 Å². The molecule has 2 heterocycles. The van der Waals surface area contributed by atoms with E-state index < -0.39 is 0 Å². The molecule has 1 aliphatic carbocycles. The lowest BCUT2D eigenvalue weighted by atomic mass is 9.91. The van der Waals surface area contributed by atoms with Gasteiger partial charge in [-0.3, -0.25) is 24.1 Å². The van der Waals surface area contributed by atoms with Crippen LogP contribution in [0.2, 0.25) is 0 Å². The van der Waals surface area contributed by atoms with Crippen LogP contribution in [0.4, 0.5) is 0 Å². The van der Waals surface area contributed by atoms with Gasteiger partial charge in [0.15, 0.2) is 0 Å². The third-order valence-corrected chi connectivity index (χ3v) is 5.24. The summed E-state index contributed by atoms with van der Waals surface area (Å²) in [6, 6.07) is 0. The summed E-state index contributed by atoms with van der Waals surface area (Å²) in [4.78, 5) is 49.7. The molecular formula is C15H20N2O5. The Balaban J connectivity index is 1.52. The number of nitrogens with zero attached hydrogens (tertiary/aromatic N) is 2. The number of methoxy groups -OCH3 is 1. The van der Waals surface area contributed by atoms with Gasteiger partial charge in [0.1, 0.15) is 6.54 Å². The molecule has 0 aromatic rings. The zero-order valence-corrected chi connectivity index (χ0v) is 12.7. The van der Waals surface area contributed by atoms with Crippen LogP contribution in [0.25, 0.3) is 0 Å². The Morgan fingerprint density at radius 2 is 1.77 bits per heavy atom. The zero-order chi connectivity index (χ0) is 15.9. The number of hydrogen-bond acceptors (Lipinski definition) is 5. The highest BCUT2D eigenvalue weighted by molar-refractivity contribution is 6.04. The van der Waals surface area contributed by atoms with E-state index in [9.17, 15) is 19.2 Å². The van der Waals surface area contributed by atoms with Crippen LogP contribution in [0, 0.1) is 11.3 Å². The van der Waals surface area contributed by atoms with Crippen molar-refractivity contribution in [2.45, 2.75) is 32.1 Å². The minimum Gasteiger partial charge on any atom is -0.469 e. The molecule has 0 aromatic carbocycles. The monoisotopic (exact) mass is 308 g/mol. The van der Waals surface area contributed by atoms with Gasteiger partial charge in [-0.15, -0.1) is 0 Å². The maximum Gasteiger partial charge on any atom is 0.309 e. The first-order valence-corrected chi connectivity index (χ1v) is 7.66. The van der Waals surface area contributed by atoms with Crippen molar-refractivity contribution in [3.63, 3.8) is 0 Å². The number of carbonyl (C=O) groups is 4. The van der Waals surface area contributed by atoms with Crippen LogP contribution in [-0.4, -0.2) is 60.2 Å². The lowest BCUT2D eigenvalue weighted by Crippen LogP contribution is -2.46. The van der Waals surface area contributed by atoms with Gasteiger partial charge in [0.2, 0.25) is 17.7 Å². The number of ether oxygens (including phenoxy) is 1. The smallest absolute Gasteiger partial charge is 0.309 e. The Kier molecular flexibility index (Phi) is 3.66. The highest BCUT2D eigenvalue weighted by Crippen LogP contribution is 2.59. The summed E-state index contributed by atoms with van der Waals surface area (Å²) in [7, 11) is 1.40. The van der Waals surface area contributed by atoms with E-state index in [2.05, 4.69) is 0 Å². The maximum atomic E-state index is 12.2. The van der Waals surface area contributed by atoms with Gasteiger partial charge in [0, 0.05) is 25.9 Å². The molecule has 0 radical (unpaired) electrons.